The lowest BCUT2D eigenvalue weighted by atomic mass is 9.98. The molecule has 3 rings (SSSR count). The Labute approximate surface area is 170 Å². The van der Waals surface area contributed by atoms with Crippen molar-refractivity contribution >= 4 is 33.2 Å². The summed E-state index contributed by atoms with van der Waals surface area (Å²) in [6.45, 7) is 2.39. The molecule has 0 bridgehead atoms. The Morgan fingerprint density at radius 1 is 1.25 bits per heavy atom. The molecule has 2 aromatic carbocycles. The highest BCUT2D eigenvalue weighted by atomic mass is 35.5. The first-order chi connectivity index (χ1) is 13.3. The SMILES string of the molecule is COc1ccc(Cl)cc1S(=O)(=O)N1CCC[C@@H](C(=O)Nc2ccccc2C)C1. The molecule has 1 aliphatic heterocycles. The quantitative estimate of drug-likeness (QED) is 0.797. The van der Waals surface area contributed by atoms with Crippen LogP contribution in [0.2, 0.25) is 5.02 Å². The molecule has 2 aromatic rings. The summed E-state index contributed by atoms with van der Waals surface area (Å²) in [7, 11) is -2.42. The fraction of sp³-hybridized carbons (Fsp3) is 0.350. The van der Waals surface area contributed by atoms with Gasteiger partial charge in [0.25, 0.3) is 0 Å². The zero-order chi connectivity index (χ0) is 20.3. The Morgan fingerprint density at radius 3 is 2.71 bits per heavy atom. The Hall–Kier alpha value is -2.09. The molecule has 0 saturated carbocycles. The number of carbonyl (C=O) groups is 1. The Balaban J connectivity index is 1.80. The average molecular weight is 423 g/mol. The number of amides is 1. The van der Waals surface area contributed by atoms with Crippen LogP contribution in [0.5, 0.6) is 5.75 Å². The van der Waals surface area contributed by atoms with E-state index < -0.39 is 15.9 Å². The van der Waals surface area contributed by atoms with E-state index in [0.717, 1.165) is 11.3 Å². The van der Waals surface area contributed by atoms with Crippen LogP contribution in [0.1, 0.15) is 18.4 Å². The van der Waals surface area contributed by atoms with Crippen LogP contribution >= 0.6 is 11.6 Å². The second-order valence-corrected chi connectivity index (χ2v) is 9.14. The van der Waals surface area contributed by atoms with E-state index >= 15 is 0 Å². The van der Waals surface area contributed by atoms with Crippen molar-refractivity contribution in [3.8, 4) is 5.75 Å². The van der Waals surface area contributed by atoms with E-state index in [4.69, 9.17) is 16.3 Å². The molecule has 0 spiro atoms. The zero-order valence-electron chi connectivity index (χ0n) is 15.8. The molecule has 1 atom stereocenters. The van der Waals surface area contributed by atoms with Gasteiger partial charge in [0.05, 0.1) is 13.0 Å². The van der Waals surface area contributed by atoms with Crippen molar-refractivity contribution < 1.29 is 17.9 Å². The molecule has 0 aliphatic carbocycles. The average Bonchev–Trinajstić information content (AvgIpc) is 2.69. The van der Waals surface area contributed by atoms with Gasteiger partial charge in [-0.1, -0.05) is 29.8 Å². The maximum Gasteiger partial charge on any atom is 0.246 e. The number of hydrogen-bond donors (Lipinski definition) is 1. The standard InChI is InChI=1S/C20H23ClN2O4S/c1-14-6-3-4-8-17(14)22-20(24)15-7-5-11-23(13-15)28(25,26)19-12-16(21)9-10-18(19)27-2/h3-4,6,8-10,12,15H,5,7,11,13H2,1-2H3,(H,22,24)/t15-/m1/s1. The molecule has 1 saturated heterocycles. The third kappa shape index (κ3) is 4.32. The van der Waals surface area contributed by atoms with Gasteiger partial charge < -0.3 is 10.1 Å². The van der Waals surface area contributed by atoms with Crippen LogP contribution in [-0.4, -0.2) is 38.8 Å². The zero-order valence-corrected chi connectivity index (χ0v) is 17.4. The highest BCUT2D eigenvalue weighted by Crippen LogP contribution is 2.32. The molecule has 1 amide bonds. The molecule has 1 fully saturated rings. The van der Waals surface area contributed by atoms with Gasteiger partial charge in [0.2, 0.25) is 15.9 Å². The van der Waals surface area contributed by atoms with Gasteiger partial charge in [0.1, 0.15) is 10.6 Å². The first kappa shape index (κ1) is 20.6. The number of rotatable bonds is 5. The highest BCUT2D eigenvalue weighted by Gasteiger charge is 2.35. The van der Waals surface area contributed by atoms with E-state index in [-0.39, 0.29) is 23.1 Å². The van der Waals surface area contributed by atoms with Crippen LogP contribution in [0, 0.1) is 12.8 Å². The summed E-state index contributed by atoms with van der Waals surface area (Å²) in [6, 6.07) is 12.0. The largest absolute Gasteiger partial charge is 0.495 e. The molecular weight excluding hydrogens is 400 g/mol. The number of nitrogens with one attached hydrogen (secondary N) is 1. The van der Waals surface area contributed by atoms with Crippen molar-refractivity contribution in [1.29, 1.82) is 0 Å². The minimum absolute atomic E-state index is 0.0162. The number of sulfonamides is 1. The minimum atomic E-state index is -3.83. The summed E-state index contributed by atoms with van der Waals surface area (Å²) in [5.41, 5.74) is 1.70. The lowest BCUT2D eigenvalue weighted by Crippen LogP contribution is -2.43. The summed E-state index contributed by atoms with van der Waals surface area (Å²) in [6.07, 6.45) is 1.24. The third-order valence-corrected chi connectivity index (χ3v) is 7.02. The number of carbonyl (C=O) groups excluding carboxylic acids is 1. The van der Waals surface area contributed by atoms with E-state index in [9.17, 15) is 13.2 Å². The molecular formula is C20H23ClN2O4S. The first-order valence-electron chi connectivity index (χ1n) is 9.03. The second kappa shape index (κ2) is 8.51. The number of hydrogen-bond acceptors (Lipinski definition) is 4. The normalized spacial score (nSPS) is 17.9. The summed E-state index contributed by atoms with van der Waals surface area (Å²) in [5, 5.41) is 3.23. The van der Waals surface area contributed by atoms with Crippen LogP contribution < -0.4 is 10.1 Å². The van der Waals surface area contributed by atoms with E-state index in [0.29, 0.717) is 24.4 Å². The van der Waals surface area contributed by atoms with Gasteiger partial charge in [-0.3, -0.25) is 4.79 Å². The van der Waals surface area contributed by atoms with Gasteiger partial charge in [0, 0.05) is 23.8 Å². The summed E-state index contributed by atoms with van der Waals surface area (Å²) < 4.78 is 32.9. The second-order valence-electron chi connectivity index (χ2n) is 6.80. The number of methoxy groups -OCH3 is 1. The number of benzene rings is 2. The van der Waals surface area contributed by atoms with Crippen LogP contribution in [-0.2, 0) is 14.8 Å². The molecule has 28 heavy (non-hydrogen) atoms. The van der Waals surface area contributed by atoms with Crippen molar-refractivity contribution in [2.24, 2.45) is 5.92 Å². The van der Waals surface area contributed by atoms with Crippen molar-refractivity contribution in [2.75, 3.05) is 25.5 Å². The van der Waals surface area contributed by atoms with Crippen molar-refractivity contribution in [1.82, 2.24) is 4.31 Å². The number of ether oxygens (including phenoxy) is 1. The van der Waals surface area contributed by atoms with E-state index in [2.05, 4.69) is 5.32 Å². The first-order valence-corrected chi connectivity index (χ1v) is 10.8. The molecule has 0 aromatic heterocycles. The third-order valence-electron chi connectivity index (χ3n) is 4.90. The van der Waals surface area contributed by atoms with Crippen LogP contribution in [0.4, 0.5) is 5.69 Å². The summed E-state index contributed by atoms with van der Waals surface area (Å²) in [5.74, 6) is -0.364. The monoisotopic (exact) mass is 422 g/mol. The Bertz CT molecular complexity index is 978. The van der Waals surface area contributed by atoms with Gasteiger partial charge in [-0.15, -0.1) is 0 Å². The van der Waals surface area contributed by atoms with Gasteiger partial charge >= 0.3 is 0 Å². The van der Waals surface area contributed by atoms with Gasteiger partial charge in [-0.05, 0) is 49.6 Å². The number of nitrogens with zero attached hydrogens (tertiary/aromatic N) is 1. The highest BCUT2D eigenvalue weighted by molar-refractivity contribution is 7.89. The summed E-state index contributed by atoms with van der Waals surface area (Å²) >= 11 is 6.00. The Morgan fingerprint density at radius 2 is 2.00 bits per heavy atom. The fourth-order valence-electron chi connectivity index (χ4n) is 3.31. The molecule has 0 radical (unpaired) electrons. The minimum Gasteiger partial charge on any atom is -0.495 e. The smallest absolute Gasteiger partial charge is 0.246 e. The molecule has 6 nitrogen and oxygen atoms in total. The number of piperidine rings is 1. The molecule has 8 heteroatoms. The fourth-order valence-corrected chi connectivity index (χ4v) is 5.26. The van der Waals surface area contributed by atoms with Crippen molar-refractivity contribution in [3.05, 3.63) is 53.1 Å². The molecule has 0 unspecified atom stereocenters. The van der Waals surface area contributed by atoms with Crippen LogP contribution in [0.3, 0.4) is 0 Å². The number of anilines is 1. The number of para-hydroxylation sites is 1. The maximum absolute atomic E-state index is 13.2. The van der Waals surface area contributed by atoms with E-state index in [1.54, 1.807) is 6.07 Å². The predicted molar refractivity (Wildman–Crippen MR) is 109 cm³/mol. The van der Waals surface area contributed by atoms with E-state index in [1.807, 2.05) is 31.2 Å². The predicted octanol–water partition coefficient (Wildman–Crippen LogP) is 3.70. The molecule has 1 heterocycles. The van der Waals surface area contributed by atoms with E-state index in [1.165, 1.54) is 23.5 Å². The van der Waals surface area contributed by atoms with Gasteiger partial charge in [0.15, 0.2) is 0 Å². The lowest BCUT2D eigenvalue weighted by Gasteiger charge is -2.31. The molecule has 150 valence electrons. The van der Waals surface area contributed by atoms with Gasteiger partial charge in [-0.2, -0.15) is 4.31 Å². The summed E-state index contributed by atoms with van der Waals surface area (Å²) in [4.78, 5) is 12.7. The van der Waals surface area contributed by atoms with Crippen molar-refractivity contribution in [3.63, 3.8) is 0 Å². The topological polar surface area (TPSA) is 75.7 Å². The van der Waals surface area contributed by atoms with Crippen molar-refractivity contribution in [2.45, 2.75) is 24.7 Å². The number of aryl methyl sites for hydroxylation is 1. The van der Waals surface area contributed by atoms with Crippen LogP contribution in [0.25, 0.3) is 0 Å². The maximum atomic E-state index is 13.2. The van der Waals surface area contributed by atoms with Crippen LogP contribution in [0.15, 0.2) is 47.4 Å². The van der Waals surface area contributed by atoms with Gasteiger partial charge in [-0.25, -0.2) is 8.42 Å². The number of halogens is 1. The molecule has 1 N–H and O–H groups in total. The Kier molecular flexibility index (Phi) is 6.27. The lowest BCUT2D eigenvalue weighted by molar-refractivity contribution is -0.120. The molecule has 1 aliphatic rings.